The number of amides is 1. The van der Waals surface area contributed by atoms with Crippen LogP contribution in [0.25, 0.3) is 11.4 Å². The smallest absolute Gasteiger partial charge is 0.226 e. The first-order valence-electron chi connectivity index (χ1n) is 9.82. The van der Waals surface area contributed by atoms with Crippen LogP contribution in [0.4, 0.5) is 5.82 Å². The van der Waals surface area contributed by atoms with E-state index in [9.17, 15) is 4.79 Å². The van der Waals surface area contributed by atoms with Crippen molar-refractivity contribution in [3.05, 3.63) is 58.5 Å². The molecule has 0 unspecified atom stereocenters. The molecule has 3 heterocycles. The Balaban J connectivity index is 1.24. The molecule has 0 radical (unpaired) electrons. The van der Waals surface area contributed by atoms with Crippen molar-refractivity contribution in [1.29, 1.82) is 0 Å². The van der Waals surface area contributed by atoms with E-state index in [1.54, 1.807) is 12.3 Å². The molecule has 0 N–H and O–H groups in total. The van der Waals surface area contributed by atoms with E-state index >= 15 is 0 Å². The number of aromatic nitrogens is 3. The SMILES string of the molecule is O=C(CCCc1nc(-c2ccccc2Cl)no1)N1CCN(c2ncccc2Cl)CC1. The monoisotopic (exact) mass is 445 g/mol. The summed E-state index contributed by atoms with van der Waals surface area (Å²) in [5, 5.41) is 5.20. The predicted molar refractivity (Wildman–Crippen MR) is 116 cm³/mol. The molecular weight excluding hydrogens is 425 g/mol. The number of benzene rings is 1. The average molecular weight is 446 g/mol. The highest BCUT2D eigenvalue weighted by molar-refractivity contribution is 6.33. The molecule has 156 valence electrons. The molecule has 7 nitrogen and oxygen atoms in total. The summed E-state index contributed by atoms with van der Waals surface area (Å²) in [5.74, 6) is 1.88. The fraction of sp³-hybridized carbons (Fsp3) is 0.333. The average Bonchev–Trinajstić information content (AvgIpc) is 3.23. The minimum atomic E-state index is 0.132. The van der Waals surface area contributed by atoms with Crippen LogP contribution in [-0.4, -0.2) is 52.1 Å². The number of hydrogen-bond donors (Lipinski definition) is 0. The lowest BCUT2D eigenvalue weighted by Gasteiger charge is -2.35. The number of pyridine rings is 1. The molecule has 1 aliphatic rings. The Morgan fingerprint density at radius 3 is 2.57 bits per heavy atom. The Morgan fingerprint density at radius 2 is 1.80 bits per heavy atom. The summed E-state index contributed by atoms with van der Waals surface area (Å²) in [6.45, 7) is 2.74. The van der Waals surface area contributed by atoms with Gasteiger partial charge in [-0.3, -0.25) is 4.79 Å². The summed E-state index contributed by atoms with van der Waals surface area (Å²) in [6.07, 6.45) is 3.36. The Bertz CT molecular complexity index is 1020. The normalized spacial score (nSPS) is 14.2. The number of carbonyl (C=O) groups excluding carboxylic acids is 1. The molecule has 2 aromatic heterocycles. The van der Waals surface area contributed by atoms with Crippen molar-refractivity contribution in [2.24, 2.45) is 0 Å². The van der Waals surface area contributed by atoms with Gasteiger partial charge in [-0.25, -0.2) is 4.98 Å². The lowest BCUT2D eigenvalue weighted by molar-refractivity contribution is -0.131. The number of piperazine rings is 1. The second-order valence-electron chi connectivity index (χ2n) is 7.02. The number of nitrogens with zero attached hydrogens (tertiary/aromatic N) is 5. The van der Waals surface area contributed by atoms with Crippen molar-refractivity contribution in [1.82, 2.24) is 20.0 Å². The van der Waals surface area contributed by atoms with Crippen LogP contribution in [0.2, 0.25) is 10.0 Å². The molecule has 3 aromatic rings. The van der Waals surface area contributed by atoms with Crippen molar-refractivity contribution in [3.8, 4) is 11.4 Å². The van der Waals surface area contributed by atoms with Gasteiger partial charge >= 0.3 is 0 Å². The molecule has 0 aliphatic carbocycles. The van der Waals surface area contributed by atoms with Crippen LogP contribution >= 0.6 is 23.2 Å². The summed E-state index contributed by atoms with van der Waals surface area (Å²) in [4.78, 5) is 25.3. The van der Waals surface area contributed by atoms with Gasteiger partial charge in [0, 0.05) is 50.8 Å². The van der Waals surface area contributed by atoms with Crippen molar-refractivity contribution in [2.45, 2.75) is 19.3 Å². The summed E-state index contributed by atoms with van der Waals surface area (Å²) in [6, 6.07) is 11.0. The van der Waals surface area contributed by atoms with E-state index in [1.807, 2.05) is 35.2 Å². The largest absolute Gasteiger partial charge is 0.352 e. The molecule has 1 saturated heterocycles. The van der Waals surface area contributed by atoms with Gasteiger partial charge in [0.2, 0.25) is 17.6 Å². The Hall–Kier alpha value is -2.64. The standard InChI is InChI=1S/C21H21Cl2N5O2/c22-16-6-2-1-5-15(16)20-25-18(30-26-20)8-3-9-19(29)27-11-13-28(14-12-27)21-17(23)7-4-10-24-21/h1-2,4-7,10H,3,8-9,11-14H2. The van der Waals surface area contributed by atoms with Gasteiger partial charge in [0.1, 0.15) is 5.82 Å². The molecule has 0 spiro atoms. The van der Waals surface area contributed by atoms with E-state index < -0.39 is 0 Å². The van der Waals surface area contributed by atoms with Gasteiger partial charge in [-0.05, 0) is 30.7 Å². The van der Waals surface area contributed by atoms with Crippen LogP contribution in [0.3, 0.4) is 0 Å². The second kappa shape index (κ2) is 9.45. The van der Waals surface area contributed by atoms with Crippen LogP contribution in [0.5, 0.6) is 0 Å². The van der Waals surface area contributed by atoms with Gasteiger partial charge in [0.15, 0.2) is 0 Å². The Labute approximate surface area is 184 Å². The summed E-state index contributed by atoms with van der Waals surface area (Å²) in [5.41, 5.74) is 0.733. The van der Waals surface area contributed by atoms with E-state index in [1.165, 1.54) is 0 Å². The van der Waals surface area contributed by atoms with Crippen molar-refractivity contribution >= 4 is 34.9 Å². The van der Waals surface area contributed by atoms with Gasteiger partial charge in [0.05, 0.1) is 10.0 Å². The first-order valence-corrected chi connectivity index (χ1v) is 10.6. The van der Waals surface area contributed by atoms with Crippen molar-refractivity contribution < 1.29 is 9.32 Å². The lowest BCUT2D eigenvalue weighted by Crippen LogP contribution is -2.49. The van der Waals surface area contributed by atoms with Crippen LogP contribution in [0, 0.1) is 0 Å². The van der Waals surface area contributed by atoms with E-state index in [2.05, 4.69) is 20.0 Å². The number of halogens is 2. The maximum absolute atomic E-state index is 12.6. The minimum Gasteiger partial charge on any atom is -0.352 e. The van der Waals surface area contributed by atoms with E-state index in [0.29, 0.717) is 67.2 Å². The van der Waals surface area contributed by atoms with Crippen LogP contribution in [-0.2, 0) is 11.2 Å². The quantitative estimate of drug-likeness (QED) is 0.568. The van der Waals surface area contributed by atoms with Gasteiger partial charge in [-0.1, -0.05) is 40.5 Å². The van der Waals surface area contributed by atoms with Gasteiger partial charge < -0.3 is 14.3 Å². The maximum Gasteiger partial charge on any atom is 0.226 e. The number of carbonyl (C=O) groups is 1. The lowest BCUT2D eigenvalue weighted by atomic mass is 10.2. The second-order valence-corrected chi connectivity index (χ2v) is 7.84. The fourth-order valence-electron chi connectivity index (χ4n) is 3.44. The van der Waals surface area contributed by atoms with Gasteiger partial charge in [0.25, 0.3) is 0 Å². The van der Waals surface area contributed by atoms with Gasteiger partial charge in [-0.15, -0.1) is 0 Å². The topological polar surface area (TPSA) is 75.4 Å². The maximum atomic E-state index is 12.6. The summed E-state index contributed by atoms with van der Waals surface area (Å²) in [7, 11) is 0. The zero-order valence-electron chi connectivity index (χ0n) is 16.3. The van der Waals surface area contributed by atoms with E-state index in [4.69, 9.17) is 27.7 Å². The van der Waals surface area contributed by atoms with Gasteiger partial charge in [-0.2, -0.15) is 4.98 Å². The van der Waals surface area contributed by atoms with E-state index in [-0.39, 0.29) is 5.91 Å². The van der Waals surface area contributed by atoms with Crippen LogP contribution in [0.1, 0.15) is 18.7 Å². The molecular formula is C21H21Cl2N5O2. The number of aryl methyl sites for hydroxylation is 1. The van der Waals surface area contributed by atoms with Crippen molar-refractivity contribution in [2.75, 3.05) is 31.1 Å². The van der Waals surface area contributed by atoms with Crippen molar-refractivity contribution in [3.63, 3.8) is 0 Å². The highest BCUT2D eigenvalue weighted by Crippen LogP contribution is 2.25. The third-order valence-corrected chi connectivity index (χ3v) is 5.66. The summed E-state index contributed by atoms with van der Waals surface area (Å²) < 4.78 is 5.30. The third-order valence-electron chi connectivity index (χ3n) is 5.04. The van der Waals surface area contributed by atoms with Crippen LogP contribution < -0.4 is 4.90 Å². The Morgan fingerprint density at radius 1 is 1.03 bits per heavy atom. The molecule has 4 rings (SSSR count). The number of rotatable bonds is 6. The first kappa shape index (κ1) is 20.6. The Kier molecular flexibility index (Phi) is 6.50. The predicted octanol–water partition coefficient (Wildman–Crippen LogP) is 4.11. The molecule has 0 atom stereocenters. The number of hydrogen-bond acceptors (Lipinski definition) is 6. The van der Waals surface area contributed by atoms with Crippen LogP contribution in [0.15, 0.2) is 47.1 Å². The highest BCUT2D eigenvalue weighted by atomic mass is 35.5. The molecule has 9 heteroatoms. The molecule has 0 bridgehead atoms. The minimum absolute atomic E-state index is 0.132. The first-order chi connectivity index (χ1) is 14.6. The molecule has 1 amide bonds. The molecule has 0 saturated carbocycles. The number of anilines is 1. The fourth-order valence-corrected chi connectivity index (χ4v) is 3.90. The zero-order chi connectivity index (χ0) is 20.9. The molecule has 30 heavy (non-hydrogen) atoms. The molecule has 1 fully saturated rings. The summed E-state index contributed by atoms with van der Waals surface area (Å²) >= 11 is 12.4. The molecule has 1 aliphatic heterocycles. The zero-order valence-corrected chi connectivity index (χ0v) is 17.8. The highest BCUT2D eigenvalue weighted by Gasteiger charge is 2.23. The third kappa shape index (κ3) is 4.74. The molecule has 1 aromatic carbocycles. The van der Waals surface area contributed by atoms with E-state index in [0.717, 1.165) is 11.4 Å².